The summed E-state index contributed by atoms with van der Waals surface area (Å²) in [5, 5.41) is 9.88. The van der Waals surface area contributed by atoms with Gasteiger partial charge in [0.1, 0.15) is 4.83 Å². The Kier molecular flexibility index (Phi) is 7.62. The van der Waals surface area contributed by atoms with Gasteiger partial charge in [0.05, 0.1) is 5.69 Å². The van der Waals surface area contributed by atoms with Gasteiger partial charge in [-0.05, 0) is 91.3 Å². The maximum Gasteiger partial charge on any atom is 0.161 e. The van der Waals surface area contributed by atoms with E-state index in [4.69, 9.17) is 9.97 Å². The Labute approximate surface area is 343 Å². The van der Waals surface area contributed by atoms with E-state index < -0.39 is 0 Å². The molecule has 12 rings (SSSR count). The monoisotopic (exact) mass is 772 g/mol. The zero-order valence-electron chi connectivity index (χ0n) is 31.2. The quantitative estimate of drug-likeness (QED) is 0.163. The van der Waals surface area contributed by atoms with Gasteiger partial charge in [-0.25, -0.2) is 9.97 Å². The van der Waals surface area contributed by atoms with Gasteiger partial charge >= 0.3 is 0 Å². The van der Waals surface area contributed by atoms with Gasteiger partial charge in [-0.1, -0.05) is 158 Å². The largest absolute Gasteiger partial charge is 0.227 e. The van der Waals surface area contributed by atoms with Gasteiger partial charge in [0.25, 0.3) is 0 Å². The van der Waals surface area contributed by atoms with E-state index in [1.807, 2.05) is 11.3 Å². The van der Waals surface area contributed by atoms with Crippen molar-refractivity contribution in [1.82, 2.24) is 9.97 Å². The predicted molar refractivity (Wildman–Crippen MR) is 250 cm³/mol. The molecule has 3 aromatic heterocycles. The van der Waals surface area contributed by atoms with Crippen LogP contribution in [0.5, 0.6) is 0 Å². The van der Waals surface area contributed by atoms with Crippen LogP contribution in [0.1, 0.15) is 0 Å². The number of aromatic nitrogens is 2. The number of nitrogens with zero attached hydrogens (tertiary/aromatic N) is 2. The lowest BCUT2D eigenvalue weighted by atomic mass is 9.90. The van der Waals surface area contributed by atoms with E-state index >= 15 is 0 Å². The minimum Gasteiger partial charge on any atom is -0.227 e. The third-order valence-corrected chi connectivity index (χ3v) is 13.8. The molecule has 0 radical (unpaired) electrons. The molecule has 0 spiro atoms. The normalized spacial score (nSPS) is 11.8. The first-order valence-electron chi connectivity index (χ1n) is 19.6. The minimum absolute atomic E-state index is 0.721. The van der Waals surface area contributed by atoms with Crippen molar-refractivity contribution in [3.05, 3.63) is 194 Å². The van der Waals surface area contributed by atoms with Crippen molar-refractivity contribution in [2.75, 3.05) is 0 Å². The van der Waals surface area contributed by atoms with Crippen LogP contribution in [-0.2, 0) is 0 Å². The number of hydrogen-bond acceptors (Lipinski definition) is 4. The SMILES string of the molecule is c1ccc(-c2nc(-c3cc(-c4ccc(-c5cccc6c5sc5ccccc56)cc4)cc(-c4cc5ccccc5c5ccccc45)c3)nc3sc4ccccc4c23)cc1. The van der Waals surface area contributed by atoms with Crippen LogP contribution >= 0.6 is 22.7 Å². The molecule has 2 nitrogen and oxygen atoms in total. The highest BCUT2D eigenvalue weighted by Crippen LogP contribution is 2.44. The Balaban J connectivity index is 1.08. The van der Waals surface area contributed by atoms with E-state index in [0.717, 1.165) is 49.6 Å². The molecular weight excluding hydrogens is 741 g/mol. The molecule has 0 aliphatic heterocycles. The highest BCUT2D eigenvalue weighted by Gasteiger charge is 2.19. The number of hydrogen-bond donors (Lipinski definition) is 0. The van der Waals surface area contributed by atoms with Crippen molar-refractivity contribution in [2.45, 2.75) is 0 Å². The molecule has 0 amide bonds. The second kappa shape index (κ2) is 13.3. The molecule has 0 aliphatic carbocycles. The number of rotatable bonds is 5. The van der Waals surface area contributed by atoms with E-state index in [9.17, 15) is 0 Å². The smallest absolute Gasteiger partial charge is 0.161 e. The van der Waals surface area contributed by atoms with Gasteiger partial charge in [-0.3, -0.25) is 0 Å². The first-order valence-corrected chi connectivity index (χ1v) is 21.2. The Morgan fingerprint density at radius 2 is 0.948 bits per heavy atom. The highest BCUT2D eigenvalue weighted by atomic mass is 32.1. The van der Waals surface area contributed by atoms with E-state index in [-0.39, 0.29) is 0 Å². The van der Waals surface area contributed by atoms with Crippen LogP contribution in [0.2, 0.25) is 0 Å². The minimum atomic E-state index is 0.721. The molecule has 0 fully saturated rings. The van der Waals surface area contributed by atoms with Crippen LogP contribution in [0.15, 0.2) is 194 Å². The summed E-state index contributed by atoms with van der Waals surface area (Å²) in [7, 11) is 0. The summed E-state index contributed by atoms with van der Waals surface area (Å²) >= 11 is 3.61. The molecule has 270 valence electrons. The van der Waals surface area contributed by atoms with Crippen molar-refractivity contribution < 1.29 is 0 Å². The number of thiophene rings is 2. The maximum absolute atomic E-state index is 5.44. The summed E-state index contributed by atoms with van der Waals surface area (Å²) in [5.41, 5.74) is 10.1. The fourth-order valence-corrected chi connectivity index (χ4v) is 11.1. The molecular formula is C54H32N2S2. The Morgan fingerprint density at radius 1 is 0.328 bits per heavy atom. The van der Waals surface area contributed by atoms with Gasteiger partial charge in [0.2, 0.25) is 0 Å². The summed E-state index contributed by atoms with van der Waals surface area (Å²) in [4.78, 5) is 11.8. The molecule has 0 aliphatic rings. The molecule has 4 heteroatoms. The van der Waals surface area contributed by atoms with Gasteiger partial charge in [0, 0.05) is 46.8 Å². The van der Waals surface area contributed by atoms with Gasteiger partial charge in [-0.15, -0.1) is 22.7 Å². The van der Waals surface area contributed by atoms with Crippen LogP contribution in [0, 0.1) is 0 Å². The van der Waals surface area contributed by atoms with Gasteiger partial charge < -0.3 is 0 Å². The lowest BCUT2D eigenvalue weighted by Gasteiger charge is -2.15. The van der Waals surface area contributed by atoms with Crippen LogP contribution < -0.4 is 0 Å². The Bertz CT molecular complexity index is 3560. The van der Waals surface area contributed by atoms with E-state index in [1.54, 1.807) is 11.3 Å². The van der Waals surface area contributed by atoms with Gasteiger partial charge in [0.15, 0.2) is 5.82 Å². The molecule has 0 saturated heterocycles. The molecule has 9 aromatic carbocycles. The summed E-state index contributed by atoms with van der Waals surface area (Å²) in [6.07, 6.45) is 0. The summed E-state index contributed by atoms with van der Waals surface area (Å²) in [6.45, 7) is 0. The molecule has 0 N–H and O–H groups in total. The third kappa shape index (κ3) is 5.37. The fourth-order valence-electron chi connectivity index (χ4n) is 8.75. The zero-order chi connectivity index (χ0) is 38.2. The second-order valence-electron chi connectivity index (χ2n) is 14.9. The number of fused-ring (bicyclic) bond motifs is 9. The van der Waals surface area contributed by atoms with Crippen LogP contribution in [0.25, 0.3) is 118 Å². The average molecular weight is 773 g/mol. The predicted octanol–water partition coefficient (Wildman–Crippen LogP) is 15.9. The summed E-state index contributed by atoms with van der Waals surface area (Å²) < 4.78 is 3.86. The topological polar surface area (TPSA) is 25.8 Å². The molecule has 0 unspecified atom stereocenters. The third-order valence-electron chi connectivity index (χ3n) is 11.5. The van der Waals surface area contributed by atoms with E-state index in [1.165, 1.54) is 68.5 Å². The second-order valence-corrected chi connectivity index (χ2v) is 17.0. The van der Waals surface area contributed by atoms with Gasteiger partial charge in [-0.2, -0.15) is 0 Å². The fraction of sp³-hybridized carbons (Fsp3) is 0. The Morgan fingerprint density at radius 3 is 1.78 bits per heavy atom. The standard InChI is InChI=1S/C54H32N2S2/c1-2-13-35(14-3-1)51-50-46-20-9-11-24-49(46)58-54(50)56-53(55-51)39-30-37(29-38(31-39)47-32-36-15-4-5-16-40(36)42-17-6-7-18-43(42)47)33-25-27-34(28-26-33)41-21-12-22-45-44-19-8-10-23-48(44)57-52(41)45/h1-32H. The molecule has 0 saturated carbocycles. The lowest BCUT2D eigenvalue weighted by molar-refractivity contribution is 1.24. The Hall–Kier alpha value is -6.98. The van der Waals surface area contributed by atoms with Crippen molar-refractivity contribution in [2.24, 2.45) is 0 Å². The zero-order valence-corrected chi connectivity index (χ0v) is 32.8. The first-order chi connectivity index (χ1) is 28.7. The molecule has 12 aromatic rings. The molecule has 0 bridgehead atoms. The van der Waals surface area contributed by atoms with Crippen LogP contribution in [0.3, 0.4) is 0 Å². The molecule has 0 atom stereocenters. The summed E-state index contributed by atoms with van der Waals surface area (Å²) in [5.74, 6) is 0.721. The van der Waals surface area contributed by atoms with Crippen molar-refractivity contribution in [3.8, 4) is 56.0 Å². The molecule has 3 heterocycles. The van der Waals surface area contributed by atoms with Crippen LogP contribution in [0.4, 0.5) is 0 Å². The average Bonchev–Trinajstić information content (AvgIpc) is 3.87. The van der Waals surface area contributed by atoms with E-state index in [0.29, 0.717) is 0 Å². The summed E-state index contributed by atoms with van der Waals surface area (Å²) in [6, 6.07) is 70.4. The van der Waals surface area contributed by atoms with Crippen molar-refractivity contribution in [3.63, 3.8) is 0 Å². The first kappa shape index (κ1) is 33.2. The number of benzene rings is 9. The lowest BCUT2D eigenvalue weighted by Crippen LogP contribution is -1.95. The van der Waals surface area contributed by atoms with Crippen LogP contribution in [-0.4, -0.2) is 9.97 Å². The van der Waals surface area contributed by atoms with Crippen molar-refractivity contribution >= 4 is 84.7 Å². The molecule has 58 heavy (non-hydrogen) atoms. The van der Waals surface area contributed by atoms with E-state index in [2.05, 4.69) is 194 Å². The maximum atomic E-state index is 5.44. The van der Waals surface area contributed by atoms with Crippen molar-refractivity contribution in [1.29, 1.82) is 0 Å². The highest BCUT2D eigenvalue weighted by molar-refractivity contribution is 7.26.